The molecule has 0 atom stereocenters. The Labute approximate surface area is 92.4 Å². The number of aromatic carboxylic acids is 1. The van der Waals surface area contributed by atoms with E-state index in [-0.39, 0.29) is 10.8 Å². The minimum Gasteiger partial charge on any atom is -0.477 e. The smallest absolute Gasteiger partial charge is 0.341 e. The van der Waals surface area contributed by atoms with Crippen molar-refractivity contribution in [2.75, 3.05) is 0 Å². The molecule has 0 spiro atoms. The van der Waals surface area contributed by atoms with Gasteiger partial charge in [-0.1, -0.05) is 15.9 Å². The maximum absolute atomic E-state index is 10.8. The van der Waals surface area contributed by atoms with Crippen LogP contribution in [0.2, 0.25) is 5.22 Å². The van der Waals surface area contributed by atoms with E-state index in [4.69, 9.17) is 21.1 Å². The summed E-state index contributed by atoms with van der Waals surface area (Å²) in [4.78, 5) is 10.8. The fourth-order valence-electron chi connectivity index (χ4n) is 1.24. The topological polar surface area (TPSA) is 50.4 Å². The minimum atomic E-state index is -1.09. The molecule has 0 unspecified atom stereocenters. The molecule has 1 aromatic carbocycles. The number of fused-ring (bicyclic) bond motifs is 1. The van der Waals surface area contributed by atoms with Crippen LogP contribution >= 0.6 is 27.5 Å². The van der Waals surface area contributed by atoms with Crippen molar-refractivity contribution in [1.29, 1.82) is 0 Å². The Balaban J connectivity index is 2.86. The fourth-order valence-corrected chi connectivity index (χ4v) is 1.87. The molecule has 1 N–H and O–H groups in total. The summed E-state index contributed by atoms with van der Waals surface area (Å²) in [6.45, 7) is 0. The maximum atomic E-state index is 10.8. The van der Waals surface area contributed by atoms with E-state index in [1.54, 1.807) is 18.2 Å². The van der Waals surface area contributed by atoms with E-state index in [9.17, 15) is 4.79 Å². The molecule has 0 saturated heterocycles. The average Bonchev–Trinajstić information content (AvgIpc) is 2.40. The van der Waals surface area contributed by atoms with Crippen molar-refractivity contribution in [1.82, 2.24) is 0 Å². The van der Waals surface area contributed by atoms with E-state index in [2.05, 4.69) is 15.9 Å². The summed E-state index contributed by atoms with van der Waals surface area (Å²) in [5.41, 5.74) is 0.471. The SMILES string of the molecule is O=C(O)c1c(Cl)oc2ccc(Br)cc12. The molecule has 1 heterocycles. The highest BCUT2D eigenvalue weighted by Crippen LogP contribution is 2.31. The van der Waals surface area contributed by atoms with Gasteiger partial charge in [0.05, 0.1) is 0 Å². The van der Waals surface area contributed by atoms with Gasteiger partial charge in [-0.25, -0.2) is 4.79 Å². The number of carbonyl (C=O) groups is 1. The quantitative estimate of drug-likeness (QED) is 0.866. The summed E-state index contributed by atoms with van der Waals surface area (Å²) in [7, 11) is 0. The molecule has 0 radical (unpaired) electrons. The van der Waals surface area contributed by atoms with Gasteiger partial charge in [0.25, 0.3) is 0 Å². The van der Waals surface area contributed by atoms with Crippen LogP contribution < -0.4 is 0 Å². The number of carboxylic acids is 1. The Bertz CT molecular complexity index is 518. The molecule has 0 saturated carbocycles. The summed E-state index contributed by atoms with van der Waals surface area (Å²) in [5.74, 6) is -1.09. The number of furan rings is 1. The molecule has 2 aromatic rings. The van der Waals surface area contributed by atoms with Gasteiger partial charge in [0.2, 0.25) is 5.22 Å². The van der Waals surface area contributed by atoms with Crippen molar-refractivity contribution in [3.05, 3.63) is 33.5 Å². The summed E-state index contributed by atoms with van der Waals surface area (Å²) in [6.07, 6.45) is 0. The lowest BCUT2D eigenvalue weighted by atomic mass is 10.2. The van der Waals surface area contributed by atoms with Crippen LogP contribution in [0.3, 0.4) is 0 Å². The standard InChI is InChI=1S/C9H4BrClO3/c10-4-1-2-6-5(3-4)7(9(12)13)8(11)14-6/h1-3H,(H,12,13). The number of hydrogen-bond donors (Lipinski definition) is 1. The molecule has 1 aromatic heterocycles. The summed E-state index contributed by atoms with van der Waals surface area (Å²) < 4.78 is 5.86. The summed E-state index contributed by atoms with van der Waals surface area (Å²) in [6, 6.07) is 5.08. The molecule has 0 aliphatic carbocycles. The lowest BCUT2D eigenvalue weighted by molar-refractivity contribution is 0.0698. The summed E-state index contributed by atoms with van der Waals surface area (Å²) >= 11 is 8.90. The Morgan fingerprint density at radius 1 is 1.50 bits per heavy atom. The van der Waals surface area contributed by atoms with Crippen LogP contribution in [0, 0.1) is 0 Å². The molecular formula is C9H4BrClO3. The zero-order valence-corrected chi connectivity index (χ0v) is 9.09. The second kappa shape index (κ2) is 3.29. The molecule has 0 fully saturated rings. The minimum absolute atomic E-state index is 0.00275. The zero-order chi connectivity index (χ0) is 10.3. The number of halogens is 2. The Hall–Kier alpha value is -1.000. The highest BCUT2D eigenvalue weighted by molar-refractivity contribution is 9.10. The molecule has 0 amide bonds. The van der Waals surface area contributed by atoms with Crippen LogP contribution in [0.5, 0.6) is 0 Å². The predicted molar refractivity (Wildman–Crippen MR) is 55.9 cm³/mol. The Morgan fingerprint density at radius 3 is 2.86 bits per heavy atom. The van der Waals surface area contributed by atoms with Crippen molar-refractivity contribution in [2.24, 2.45) is 0 Å². The van der Waals surface area contributed by atoms with E-state index in [1.807, 2.05) is 0 Å². The number of carboxylic acid groups (broad SMARTS) is 1. The van der Waals surface area contributed by atoms with Gasteiger partial charge >= 0.3 is 5.97 Å². The molecule has 3 nitrogen and oxygen atoms in total. The van der Waals surface area contributed by atoms with Crippen molar-refractivity contribution in [2.45, 2.75) is 0 Å². The van der Waals surface area contributed by atoms with Crippen molar-refractivity contribution in [3.63, 3.8) is 0 Å². The fraction of sp³-hybridized carbons (Fsp3) is 0. The van der Waals surface area contributed by atoms with Crippen LogP contribution in [0.25, 0.3) is 11.0 Å². The van der Waals surface area contributed by atoms with E-state index in [1.165, 1.54) is 0 Å². The maximum Gasteiger partial charge on any atom is 0.341 e. The second-order valence-corrected chi connectivity index (χ2v) is 3.96. The first-order chi connectivity index (χ1) is 6.59. The van der Waals surface area contributed by atoms with E-state index in [0.29, 0.717) is 11.0 Å². The second-order valence-electron chi connectivity index (χ2n) is 2.70. The first-order valence-electron chi connectivity index (χ1n) is 3.70. The average molecular weight is 275 g/mol. The van der Waals surface area contributed by atoms with Crippen LogP contribution in [-0.2, 0) is 0 Å². The van der Waals surface area contributed by atoms with Crippen LogP contribution in [0.4, 0.5) is 0 Å². The molecule has 72 valence electrons. The van der Waals surface area contributed by atoms with E-state index in [0.717, 1.165) is 4.47 Å². The lowest BCUT2D eigenvalue weighted by Gasteiger charge is -1.91. The lowest BCUT2D eigenvalue weighted by Crippen LogP contribution is -1.94. The number of hydrogen-bond acceptors (Lipinski definition) is 2. The Kier molecular flexibility index (Phi) is 2.25. The normalized spacial score (nSPS) is 10.7. The molecule has 14 heavy (non-hydrogen) atoms. The van der Waals surface area contributed by atoms with Gasteiger partial charge in [-0.15, -0.1) is 0 Å². The van der Waals surface area contributed by atoms with Crippen LogP contribution in [-0.4, -0.2) is 11.1 Å². The van der Waals surface area contributed by atoms with Gasteiger partial charge in [-0.3, -0.25) is 0 Å². The van der Waals surface area contributed by atoms with E-state index < -0.39 is 5.97 Å². The molecule has 2 rings (SSSR count). The van der Waals surface area contributed by atoms with Crippen LogP contribution in [0.15, 0.2) is 27.1 Å². The number of rotatable bonds is 1. The van der Waals surface area contributed by atoms with Gasteiger partial charge < -0.3 is 9.52 Å². The predicted octanol–water partition coefficient (Wildman–Crippen LogP) is 3.55. The first-order valence-corrected chi connectivity index (χ1v) is 4.87. The highest BCUT2D eigenvalue weighted by atomic mass is 79.9. The van der Waals surface area contributed by atoms with Gasteiger partial charge in [0.15, 0.2) is 0 Å². The van der Waals surface area contributed by atoms with Crippen molar-refractivity contribution < 1.29 is 14.3 Å². The molecular weight excluding hydrogens is 271 g/mol. The highest BCUT2D eigenvalue weighted by Gasteiger charge is 2.18. The molecule has 5 heteroatoms. The zero-order valence-electron chi connectivity index (χ0n) is 6.75. The van der Waals surface area contributed by atoms with Crippen molar-refractivity contribution >= 4 is 44.5 Å². The largest absolute Gasteiger partial charge is 0.477 e. The third-order valence-corrected chi connectivity index (χ3v) is 2.58. The molecule has 0 bridgehead atoms. The third kappa shape index (κ3) is 1.40. The number of benzene rings is 1. The van der Waals surface area contributed by atoms with Crippen LogP contribution in [0.1, 0.15) is 10.4 Å². The van der Waals surface area contributed by atoms with Gasteiger partial charge in [0, 0.05) is 9.86 Å². The molecule has 0 aliphatic rings. The monoisotopic (exact) mass is 274 g/mol. The van der Waals surface area contributed by atoms with E-state index >= 15 is 0 Å². The first kappa shape index (κ1) is 9.55. The third-order valence-electron chi connectivity index (χ3n) is 1.82. The Morgan fingerprint density at radius 2 is 2.21 bits per heavy atom. The van der Waals surface area contributed by atoms with Gasteiger partial charge in [-0.05, 0) is 29.8 Å². The van der Waals surface area contributed by atoms with Gasteiger partial charge in [0.1, 0.15) is 11.1 Å². The van der Waals surface area contributed by atoms with Gasteiger partial charge in [-0.2, -0.15) is 0 Å². The van der Waals surface area contributed by atoms with Crippen molar-refractivity contribution in [3.8, 4) is 0 Å². The summed E-state index contributed by atoms with van der Waals surface area (Å²) in [5, 5.41) is 9.29. The molecule has 0 aliphatic heterocycles.